The third kappa shape index (κ3) is 1.33. The Balaban J connectivity index is 2.78. The van der Waals surface area contributed by atoms with Gasteiger partial charge in [-0.05, 0) is 24.6 Å². The first-order valence-corrected chi connectivity index (χ1v) is 4.23. The van der Waals surface area contributed by atoms with Gasteiger partial charge < -0.3 is 0 Å². The molecule has 2 aromatic rings. The minimum atomic E-state index is -0.238. The van der Waals surface area contributed by atoms with Crippen LogP contribution in [0.25, 0.3) is 10.9 Å². The molecule has 68 valence electrons. The second-order valence-electron chi connectivity index (χ2n) is 3.16. The first kappa shape index (κ1) is 8.71. The number of pyridine rings is 1. The Labute approximate surface area is 81.6 Å². The van der Waals surface area contributed by atoms with Crippen LogP contribution in [-0.2, 0) is 0 Å². The summed E-state index contributed by atoms with van der Waals surface area (Å²) in [5, 5.41) is 0.874. The number of fused-ring (bicyclic) bond motifs is 1. The van der Waals surface area contributed by atoms with Gasteiger partial charge >= 0.3 is 0 Å². The first-order chi connectivity index (χ1) is 6.70. The van der Waals surface area contributed by atoms with Crippen LogP contribution in [0.3, 0.4) is 0 Å². The van der Waals surface area contributed by atoms with Crippen LogP contribution >= 0.6 is 0 Å². The van der Waals surface area contributed by atoms with Gasteiger partial charge in [0.05, 0.1) is 5.52 Å². The molecule has 0 N–H and O–H groups in total. The summed E-state index contributed by atoms with van der Waals surface area (Å²) in [6, 6.07) is 5.00. The van der Waals surface area contributed by atoms with Crippen molar-refractivity contribution in [3.8, 4) is 12.3 Å². The monoisotopic (exact) mass is 185 g/mol. The van der Waals surface area contributed by atoms with Gasteiger partial charge in [0.15, 0.2) is 0 Å². The molecule has 1 aromatic carbocycles. The molecular formula is C12H8FN. The maximum atomic E-state index is 13.2. The van der Waals surface area contributed by atoms with Gasteiger partial charge in [-0.15, -0.1) is 6.42 Å². The van der Waals surface area contributed by atoms with Crippen LogP contribution in [0.5, 0.6) is 0 Å². The number of hydrogen-bond acceptors (Lipinski definition) is 1. The number of benzene rings is 1. The van der Waals surface area contributed by atoms with Crippen LogP contribution in [0.15, 0.2) is 24.4 Å². The molecule has 2 rings (SSSR count). The van der Waals surface area contributed by atoms with E-state index in [1.165, 1.54) is 6.07 Å². The lowest BCUT2D eigenvalue weighted by Gasteiger charge is -2.00. The lowest BCUT2D eigenvalue weighted by atomic mass is 10.1. The van der Waals surface area contributed by atoms with Crippen LogP contribution < -0.4 is 0 Å². The average molecular weight is 185 g/mol. The van der Waals surface area contributed by atoms with E-state index in [1.807, 2.05) is 6.07 Å². The van der Waals surface area contributed by atoms with Gasteiger partial charge in [-0.2, -0.15) is 0 Å². The first-order valence-electron chi connectivity index (χ1n) is 4.23. The lowest BCUT2D eigenvalue weighted by Crippen LogP contribution is -1.87. The smallest absolute Gasteiger partial charge is 0.128 e. The zero-order valence-electron chi connectivity index (χ0n) is 7.71. The van der Waals surface area contributed by atoms with E-state index in [1.54, 1.807) is 19.2 Å². The maximum absolute atomic E-state index is 13.2. The SMILES string of the molecule is C#Cc1cnc2cc(F)c(C)cc2c1. The summed E-state index contributed by atoms with van der Waals surface area (Å²) < 4.78 is 13.2. The Kier molecular flexibility index (Phi) is 1.94. The third-order valence-electron chi connectivity index (χ3n) is 2.13. The second-order valence-corrected chi connectivity index (χ2v) is 3.16. The van der Waals surface area contributed by atoms with E-state index in [0.717, 1.165) is 5.39 Å². The molecule has 0 aliphatic rings. The fourth-order valence-corrected chi connectivity index (χ4v) is 1.34. The summed E-state index contributed by atoms with van der Waals surface area (Å²) in [5.74, 6) is 2.26. The molecule has 0 amide bonds. The highest BCUT2D eigenvalue weighted by Gasteiger charge is 2.01. The highest BCUT2D eigenvalue weighted by molar-refractivity contribution is 5.80. The van der Waals surface area contributed by atoms with E-state index in [0.29, 0.717) is 16.6 Å². The summed E-state index contributed by atoms with van der Waals surface area (Å²) in [4.78, 5) is 4.07. The fourth-order valence-electron chi connectivity index (χ4n) is 1.34. The van der Waals surface area contributed by atoms with Crippen molar-refractivity contribution < 1.29 is 4.39 Å². The quantitative estimate of drug-likeness (QED) is 0.575. The molecule has 2 heteroatoms. The lowest BCUT2D eigenvalue weighted by molar-refractivity contribution is 0.620. The van der Waals surface area contributed by atoms with Crippen molar-refractivity contribution in [3.05, 3.63) is 41.3 Å². The zero-order chi connectivity index (χ0) is 10.1. The Morgan fingerprint density at radius 1 is 1.36 bits per heavy atom. The van der Waals surface area contributed by atoms with Crippen LogP contribution in [0.2, 0.25) is 0 Å². The molecule has 0 fully saturated rings. The van der Waals surface area contributed by atoms with Crippen molar-refractivity contribution in [2.45, 2.75) is 6.92 Å². The van der Waals surface area contributed by atoms with Gasteiger partial charge in [0.1, 0.15) is 5.82 Å². The van der Waals surface area contributed by atoms with Crippen molar-refractivity contribution >= 4 is 10.9 Å². The number of aromatic nitrogens is 1. The molecule has 0 radical (unpaired) electrons. The largest absolute Gasteiger partial charge is 0.255 e. The number of aryl methyl sites for hydroxylation is 1. The van der Waals surface area contributed by atoms with E-state index in [9.17, 15) is 4.39 Å². The topological polar surface area (TPSA) is 12.9 Å². The van der Waals surface area contributed by atoms with Crippen molar-refractivity contribution in [1.29, 1.82) is 0 Å². The molecule has 1 heterocycles. The molecule has 14 heavy (non-hydrogen) atoms. The Morgan fingerprint density at radius 2 is 2.14 bits per heavy atom. The summed E-state index contributed by atoms with van der Waals surface area (Å²) in [6.07, 6.45) is 6.81. The van der Waals surface area contributed by atoms with Crippen molar-refractivity contribution in [1.82, 2.24) is 4.98 Å². The molecule has 0 unspecified atom stereocenters. The predicted molar refractivity (Wildman–Crippen MR) is 54.4 cm³/mol. The maximum Gasteiger partial charge on any atom is 0.128 e. The third-order valence-corrected chi connectivity index (χ3v) is 2.13. The van der Waals surface area contributed by atoms with Gasteiger partial charge in [-0.25, -0.2) is 4.39 Å². The minimum absolute atomic E-state index is 0.238. The molecule has 0 spiro atoms. The average Bonchev–Trinajstić information content (AvgIpc) is 2.19. The van der Waals surface area contributed by atoms with Crippen molar-refractivity contribution in [2.75, 3.05) is 0 Å². The minimum Gasteiger partial charge on any atom is -0.255 e. The summed E-state index contributed by atoms with van der Waals surface area (Å²) >= 11 is 0. The number of nitrogens with zero attached hydrogens (tertiary/aromatic N) is 1. The zero-order valence-corrected chi connectivity index (χ0v) is 7.71. The summed E-state index contributed by atoms with van der Waals surface area (Å²) in [5.41, 5.74) is 1.95. The van der Waals surface area contributed by atoms with Gasteiger partial charge in [0.2, 0.25) is 0 Å². The normalized spacial score (nSPS) is 10.1. The second kappa shape index (κ2) is 3.12. The molecule has 0 saturated heterocycles. The number of rotatable bonds is 0. The van der Waals surface area contributed by atoms with Gasteiger partial charge in [0, 0.05) is 23.2 Å². The standard InChI is InChI=1S/C12H8FN/c1-3-9-5-10-4-8(2)11(13)6-12(10)14-7-9/h1,4-7H,2H3. The Morgan fingerprint density at radius 3 is 2.86 bits per heavy atom. The molecule has 0 aliphatic carbocycles. The van der Waals surface area contributed by atoms with Crippen molar-refractivity contribution in [3.63, 3.8) is 0 Å². The number of terminal acetylenes is 1. The van der Waals surface area contributed by atoms with Gasteiger partial charge in [-0.1, -0.05) is 5.92 Å². The van der Waals surface area contributed by atoms with E-state index in [4.69, 9.17) is 6.42 Å². The van der Waals surface area contributed by atoms with Crippen molar-refractivity contribution in [2.24, 2.45) is 0 Å². The Hall–Kier alpha value is -1.88. The molecule has 1 aromatic heterocycles. The van der Waals surface area contributed by atoms with Gasteiger partial charge in [0.25, 0.3) is 0 Å². The van der Waals surface area contributed by atoms with Crippen LogP contribution in [0, 0.1) is 25.1 Å². The molecular weight excluding hydrogens is 177 g/mol. The van der Waals surface area contributed by atoms with Gasteiger partial charge in [-0.3, -0.25) is 4.98 Å². The highest BCUT2D eigenvalue weighted by Crippen LogP contribution is 2.17. The van der Waals surface area contributed by atoms with E-state index < -0.39 is 0 Å². The molecule has 0 bridgehead atoms. The number of hydrogen-bond donors (Lipinski definition) is 0. The van der Waals surface area contributed by atoms with Crippen LogP contribution in [0.1, 0.15) is 11.1 Å². The fraction of sp³-hybridized carbons (Fsp3) is 0.0833. The molecule has 0 atom stereocenters. The van der Waals surface area contributed by atoms with E-state index >= 15 is 0 Å². The van der Waals surface area contributed by atoms with E-state index in [2.05, 4.69) is 10.9 Å². The summed E-state index contributed by atoms with van der Waals surface area (Å²) in [6.45, 7) is 1.72. The summed E-state index contributed by atoms with van der Waals surface area (Å²) in [7, 11) is 0. The molecule has 1 nitrogen and oxygen atoms in total. The number of halogens is 1. The van der Waals surface area contributed by atoms with Crippen LogP contribution in [-0.4, -0.2) is 4.98 Å². The molecule has 0 saturated carbocycles. The van der Waals surface area contributed by atoms with Crippen LogP contribution in [0.4, 0.5) is 4.39 Å². The highest BCUT2D eigenvalue weighted by atomic mass is 19.1. The molecule has 0 aliphatic heterocycles. The Bertz CT molecular complexity index is 538. The van der Waals surface area contributed by atoms with E-state index in [-0.39, 0.29) is 5.82 Å². The predicted octanol–water partition coefficient (Wildman–Crippen LogP) is 2.66.